The van der Waals surface area contributed by atoms with Gasteiger partial charge in [0.2, 0.25) is 0 Å². The molecule has 0 radical (unpaired) electrons. The van der Waals surface area contributed by atoms with Gasteiger partial charge in [0.1, 0.15) is 0 Å². The van der Waals surface area contributed by atoms with Crippen molar-refractivity contribution in [2.45, 2.75) is 43.5 Å². The van der Waals surface area contributed by atoms with Crippen LogP contribution in [0.4, 0.5) is 0 Å². The van der Waals surface area contributed by atoms with Gasteiger partial charge in [0, 0.05) is 33.0 Å². The fraction of sp³-hybridized carbons (Fsp3) is 0.769. The average molecular weight is 317 g/mol. The minimum Gasteiger partial charge on any atom is -0.383 e. The summed E-state index contributed by atoms with van der Waals surface area (Å²) in [4.78, 5) is 4.05. The molecule has 21 heavy (non-hydrogen) atoms. The largest absolute Gasteiger partial charge is 0.383 e. The van der Waals surface area contributed by atoms with Crippen LogP contribution in [-0.2, 0) is 19.5 Å². The van der Waals surface area contributed by atoms with Gasteiger partial charge in [0.05, 0.1) is 25.1 Å². The molecule has 2 atom stereocenters. The number of imidazole rings is 1. The van der Waals surface area contributed by atoms with Gasteiger partial charge < -0.3 is 14.0 Å². The van der Waals surface area contributed by atoms with Crippen molar-refractivity contribution < 1.29 is 17.9 Å². The maximum atomic E-state index is 12.8. The molecular formula is C13H23N3O4S. The van der Waals surface area contributed by atoms with Crippen molar-refractivity contribution >= 4 is 10.0 Å². The summed E-state index contributed by atoms with van der Waals surface area (Å²) < 4.78 is 39.2. The van der Waals surface area contributed by atoms with Crippen molar-refractivity contribution in [3.05, 3.63) is 12.5 Å². The Morgan fingerprint density at radius 1 is 1.43 bits per heavy atom. The smallest absolute Gasteiger partial charge is 0.262 e. The first-order valence-corrected chi connectivity index (χ1v) is 8.41. The summed E-state index contributed by atoms with van der Waals surface area (Å²) in [5.74, 6) is 0. The topological polar surface area (TPSA) is 73.7 Å². The van der Waals surface area contributed by atoms with Crippen LogP contribution in [0.5, 0.6) is 0 Å². The summed E-state index contributed by atoms with van der Waals surface area (Å²) in [5.41, 5.74) is 0. The third-order valence-electron chi connectivity index (χ3n) is 3.77. The van der Waals surface area contributed by atoms with Crippen molar-refractivity contribution in [3.63, 3.8) is 0 Å². The number of hydrogen-bond acceptors (Lipinski definition) is 5. The maximum absolute atomic E-state index is 12.8. The van der Waals surface area contributed by atoms with Crippen molar-refractivity contribution in [1.29, 1.82) is 0 Å². The van der Waals surface area contributed by atoms with Gasteiger partial charge in [-0.15, -0.1) is 0 Å². The molecule has 1 fully saturated rings. The lowest BCUT2D eigenvalue weighted by Crippen LogP contribution is -2.38. The predicted molar refractivity (Wildman–Crippen MR) is 77.6 cm³/mol. The number of hydrogen-bond donors (Lipinski definition) is 0. The third-order valence-corrected chi connectivity index (χ3v) is 5.57. The van der Waals surface area contributed by atoms with E-state index in [1.807, 2.05) is 13.8 Å². The van der Waals surface area contributed by atoms with E-state index in [2.05, 4.69) is 4.98 Å². The van der Waals surface area contributed by atoms with Gasteiger partial charge in [-0.05, 0) is 20.3 Å². The van der Waals surface area contributed by atoms with Crippen molar-refractivity contribution in [1.82, 2.24) is 13.9 Å². The molecular weight excluding hydrogens is 294 g/mol. The van der Waals surface area contributed by atoms with Crippen molar-refractivity contribution in [3.8, 4) is 0 Å². The van der Waals surface area contributed by atoms with E-state index in [-0.39, 0.29) is 23.2 Å². The minimum atomic E-state index is -3.62. The SMILES string of the molecule is COC[C@@H]1C[C@@H](OC)CN1S(=O)(=O)c1cn(C(C)C)cn1. The predicted octanol–water partition coefficient (Wildman–Crippen LogP) is 0.888. The summed E-state index contributed by atoms with van der Waals surface area (Å²) in [6.07, 6.45) is 3.65. The highest BCUT2D eigenvalue weighted by Gasteiger charge is 2.41. The zero-order chi connectivity index (χ0) is 15.6. The van der Waals surface area contributed by atoms with E-state index in [1.165, 1.54) is 4.31 Å². The molecule has 2 heterocycles. The fourth-order valence-corrected chi connectivity index (χ4v) is 4.09. The number of sulfonamides is 1. The molecule has 0 bridgehead atoms. The van der Waals surface area contributed by atoms with Crippen molar-refractivity contribution in [2.24, 2.45) is 0 Å². The molecule has 1 aliphatic heterocycles. The highest BCUT2D eigenvalue weighted by molar-refractivity contribution is 7.89. The van der Waals surface area contributed by atoms with E-state index in [1.54, 1.807) is 31.3 Å². The van der Waals surface area contributed by atoms with Crippen LogP contribution < -0.4 is 0 Å². The summed E-state index contributed by atoms with van der Waals surface area (Å²) in [5, 5.41) is 0.0778. The summed E-state index contributed by atoms with van der Waals surface area (Å²) in [6, 6.07) is -0.0457. The van der Waals surface area contributed by atoms with E-state index < -0.39 is 10.0 Å². The molecule has 7 nitrogen and oxygen atoms in total. The van der Waals surface area contributed by atoms with Crippen LogP contribution in [0.15, 0.2) is 17.6 Å². The van der Waals surface area contributed by atoms with E-state index in [0.29, 0.717) is 19.6 Å². The van der Waals surface area contributed by atoms with Crippen LogP contribution in [0.25, 0.3) is 0 Å². The van der Waals surface area contributed by atoms with Gasteiger partial charge >= 0.3 is 0 Å². The van der Waals surface area contributed by atoms with Crippen LogP contribution >= 0.6 is 0 Å². The van der Waals surface area contributed by atoms with Gasteiger partial charge in [-0.3, -0.25) is 0 Å². The molecule has 0 aliphatic carbocycles. The lowest BCUT2D eigenvalue weighted by atomic mass is 10.2. The highest BCUT2D eigenvalue weighted by atomic mass is 32.2. The molecule has 1 aromatic heterocycles. The Balaban J connectivity index is 2.27. The first-order chi connectivity index (χ1) is 9.90. The average Bonchev–Trinajstić information content (AvgIpc) is 3.06. The van der Waals surface area contributed by atoms with Gasteiger partial charge in [-0.2, -0.15) is 4.31 Å². The van der Waals surface area contributed by atoms with Crippen LogP contribution in [-0.4, -0.2) is 61.8 Å². The Hall–Kier alpha value is -0.960. The molecule has 0 aromatic carbocycles. The summed E-state index contributed by atoms with van der Waals surface area (Å²) in [6.45, 7) is 4.64. The normalized spacial score (nSPS) is 24.0. The zero-order valence-corrected chi connectivity index (χ0v) is 13.7. The van der Waals surface area contributed by atoms with Crippen LogP contribution in [0, 0.1) is 0 Å². The second-order valence-corrected chi connectivity index (χ2v) is 7.37. The standard InChI is InChI=1S/C13H23N3O4S/c1-10(2)15-7-13(14-9-15)21(17,18)16-6-12(20-4)5-11(16)8-19-3/h7,9-12H,5-6,8H2,1-4H3/t11-,12+/m0/s1. The number of rotatable bonds is 6. The molecule has 0 saturated carbocycles. The number of ether oxygens (including phenoxy) is 2. The first-order valence-electron chi connectivity index (χ1n) is 6.97. The van der Waals surface area contributed by atoms with E-state index in [9.17, 15) is 8.42 Å². The number of nitrogens with zero attached hydrogens (tertiary/aromatic N) is 3. The Kier molecular flexibility index (Phi) is 5.03. The first kappa shape index (κ1) is 16.4. The molecule has 0 N–H and O–H groups in total. The number of aromatic nitrogens is 2. The Labute approximate surface area is 125 Å². The molecule has 2 rings (SSSR count). The molecule has 1 aliphatic rings. The van der Waals surface area contributed by atoms with Crippen LogP contribution in [0.2, 0.25) is 0 Å². The summed E-state index contributed by atoms with van der Waals surface area (Å²) in [7, 11) is -0.461. The van der Waals surface area contributed by atoms with E-state index in [0.717, 1.165) is 0 Å². The Morgan fingerprint density at radius 3 is 2.67 bits per heavy atom. The van der Waals surface area contributed by atoms with E-state index in [4.69, 9.17) is 9.47 Å². The minimum absolute atomic E-state index is 0.0778. The molecule has 8 heteroatoms. The molecule has 1 aromatic rings. The van der Waals surface area contributed by atoms with Crippen molar-refractivity contribution in [2.75, 3.05) is 27.4 Å². The highest BCUT2D eigenvalue weighted by Crippen LogP contribution is 2.27. The Bertz CT molecular complexity index is 570. The van der Waals surface area contributed by atoms with Gasteiger partial charge in [-0.25, -0.2) is 13.4 Å². The monoisotopic (exact) mass is 317 g/mol. The van der Waals surface area contributed by atoms with Gasteiger partial charge in [0.15, 0.2) is 5.03 Å². The molecule has 0 spiro atoms. The second-order valence-electron chi connectivity index (χ2n) is 5.53. The lowest BCUT2D eigenvalue weighted by Gasteiger charge is -2.21. The Morgan fingerprint density at radius 2 is 2.14 bits per heavy atom. The third kappa shape index (κ3) is 3.28. The van der Waals surface area contributed by atoms with E-state index >= 15 is 0 Å². The van der Waals surface area contributed by atoms with Crippen LogP contribution in [0.3, 0.4) is 0 Å². The molecule has 0 unspecified atom stereocenters. The number of methoxy groups -OCH3 is 2. The van der Waals surface area contributed by atoms with Gasteiger partial charge in [-0.1, -0.05) is 0 Å². The molecule has 120 valence electrons. The quantitative estimate of drug-likeness (QED) is 0.779. The van der Waals surface area contributed by atoms with Crippen LogP contribution in [0.1, 0.15) is 26.3 Å². The zero-order valence-electron chi connectivity index (χ0n) is 12.9. The van der Waals surface area contributed by atoms with Gasteiger partial charge in [0.25, 0.3) is 10.0 Å². The maximum Gasteiger partial charge on any atom is 0.262 e. The fourth-order valence-electron chi connectivity index (χ4n) is 2.51. The molecule has 0 amide bonds. The lowest BCUT2D eigenvalue weighted by molar-refractivity contribution is 0.110. The summed E-state index contributed by atoms with van der Waals surface area (Å²) >= 11 is 0. The second kappa shape index (κ2) is 6.43. The molecule has 1 saturated heterocycles.